The van der Waals surface area contributed by atoms with Gasteiger partial charge in [-0.15, -0.1) is 0 Å². The number of benzene rings is 2. The van der Waals surface area contributed by atoms with E-state index in [1.165, 1.54) is 28.4 Å². The predicted molar refractivity (Wildman–Crippen MR) is 225 cm³/mol. The van der Waals surface area contributed by atoms with Gasteiger partial charge in [0.1, 0.15) is 28.3 Å². The summed E-state index contributed by atoms with van der Waals surface area (Å²) in [6.45, 7) is 19.2. The molecule has 0 amide bonds. The van der Waals surface area contributed by atoms with Crippen molar-refractivity contribution in [2.24, 2.45) is 11.8 Å². The van der Waals surface area contributed by atoms with Gasteiger partial charge in [0.25, 0.3) is 11.9 Å². The second kappa shape index (κ2) is 20.8. The van der Waals surface area contributed by atoms with Crippen molar-refractivity contribution in [2.45, 2.75) is 105 Å². The van der Waals surface area contributed by atoms with Gasteiger partial charge in [-0.3, -0.25) is 4.79 Å². The van der Waals surface area contributed by atoms with E-state index in [4.69, 9.17) is 23.7 Å². The summed E-state index contributed by atoms with van der Waals surface area (Å²) in [5.41, 5.74) is 2.13. The quantitative estimate of drug-likeness (QED) is 0.110. The number of carbonyl (C=O) groups is 2. The highest BCUT2D eigenvalue weighted by atomic mass is 19.4. The van der Waals surface area contributed by atoms with Crippen molar-refractivity contribution < 1.29 is 50.4 Å². The number of aliphatic carboxylic acids is 1. The molecule has 0 saturated carbocycles. The number of rotatable bonds is 8. The van der Waals surface area contributed by atoms with Crippen LogP contribution in [0.1, 0.15) is 103 Å². The number of esters is 1. The number of fused-ring (bicyclic) bond motifs is 2. The number of nitrogens with one attached hydrogen (secondary N) is 1. The van der Waals surface area contributed by atoms with Gasteiger partial charge in [-0.25, -0.2) is 13.6 Å². The molecule has 64 heavy (non-hydrogen) atoms. The number of carbonyl (C=O) groups excluding carboxylic acids is 1. The molecule has 2 N–H and O–H groups in total. The highest BCUT2D eigenvalue weighted by molar-refractivity contribution is 5.85. The Morgan fingerprint density at radius 1 is 0.828 bits per heavy atom. The lowest BCUT2D eigenvalue weighted by molar-refractivity contribution is -0.192. The molecular weight excluding hydrogens is 848 g/mol. The molecule has 2 aromatic carbocycles. The van der Waals surface area contributed by atoms with Gasteiger partial charge in [-0.2, -0.15) is 42.7 Å². The lowest BCUT2D eigenvalue weighted by atomic mass is 10.1. The van der Waals surface area contributed by atoms with Crippen LogP contribution in [0.3, 0.4) is 0 Å². The molecular formula is C43H55F5N10O6. The number of para-hydroxylation sites is 2. The zero-order valence-corrected chi connectivity index (χ0v) is 37.3. The molecule has 0 radical (unpaired) electrons. The largest absolute Gasteiger partial charge is 0.490 e. The zero-order chi connectivity index (χ0) is 47.1. The fraction of sp³-hybridized carbons (Fsp3) is 0.535. The van der Waals surface area contributed by atoms with Crippen molar-refractivity contribution in [1.82, 2.24) is 50.1 Å². The second-order valence-corrected chi connectivity index (χ2v) is 17.3. The van der Waals surface area contributed by atoms with Crippen LogP contribution < -0.4 is 5.32 Å². The van der Waals surface area contributed by atoms with Crippen molar-refractivity contribution in [3.05, 3.63) is 71.2 Å². The number of carboxylic acid groups (broad SMARTS) is 1. The number of hydrogen-bond donors (Lipinski definition) is 2. The third-order valence-electron chi connectivity index (χ3n) is 10.0. The lowest BCUT2D eigenvalue weighted by Gasteiger charge is -2.17. The Morgan fingerprint density at radius 3 is 1.64 bits per heavy atom. The minimum atomic E-state index is -5.08. The number of hydrogen-bond acceptors (Lipinski definition) is 13. The van der Waals surface area contributed by atoms with Gasteiger partial charge in [0.15, 0.2) is 0 Å². The van der Waals surface area contributed by atoms with E-state index in [2.05, 4.69) is 47.7 Å². The molecule has 2 atom stereocenters. The third-order valence-corrected chi connectivity index (χ3v) is 10.0. The first-order valence-corrected chi connectivity index (χ1v) is 20.9. The Labute approximate surface area is 366 Å². The summed E-state index contributed by atoms with van der Waals surface area (Å²) in [7, 11) is 2.12. The molecule has 6 heterocycles. The third kappa shape index (κ3) is 12.9. The average molecular weight is 903 g/mol. The van der Waals surface area contributed by atoms with Gasteiger partial charge in [0.2, 0.25) is 11.8 Å². The van der Waals surface area contributed by atoms with Crippen LogP contribution in [0.15, 0.2) is 45.4 Å². The van der Waals surface area contributed by atoms with Crippen molar-refractivity contribution in [1.29, 1.82) is 0 Å². The van der Waals surface area contributed by atoms with Gasteiger partial charge in [0.05, 0.1) is 11.4 Å². The van der Waals surface area contributed by atoms with Gasteiger partial charge in [-0.1, -0.05) is 52.0 Å². The summed E-state index contributed by atoms with van der Waals surface area (Å²) < 4.78 is 79.1. The minimum Gasteiger partial charge on any atom is -0.475 e. The topological polar surface area (TPSA) is 192 Å². The number of likely N-dealkylation sites (tertiary alicyclic amines) is 1. The maximum Gasteiger partial charge on any atom is 0.490 e. The normalized spacial score (nSPS) is 16.7. The molecule has 348 valence electrons. The monoisotopic (exact) mass is 902 g/mol. The number of alkyl halides is 3. The average Bonchev–Trinajstić information content (AvgIpc) is 4.04. The Bertz CT molecular complexity index is 2500. The summed E-state index contributed by atoms with van der Waals surface area (Å²) >= 11 is 0. The summed E-state index contributed by atoms with van der Waals surface area (Å²) in [6.07, 6.45) is -1.37. The van der Waals surface area contributed by atoms with E-state index >= 15 is 0 Å². The maximum absolute atomic E-state index is 14.4. The SMILES string of the molecule is CC(=O)OC(C)(C)C.CC(C)c1nn(-c2noc(C[C@@H]3CCN(C)C3)n2)c2c(F)cccc12.CC(C)c1nn(-c2noc(C[C@@H]3CCNC3)n2)c2c(F)cccc12.O=C(O)C(F)(F)F. The zero-order valence-electron chi connectivity index (χ0n) is 37.3. The number of carboxylic acids is 1. The first-order chi connectivity index (χ1) is 30.0. The summed E-state index contributed by atoms with van der Waals surface area (Å²) in [5.74, 6) is -0.528. The fourth-order valence-corrected chi connectivity index (χ4v) is 7.28. The standard InChI is InChI=1S/C18H22FN5O.C17H20FN5O.C6H12O2.C2HF3O2/c1-11(2)16-13-5-4-6-14(19)17(13)24(21-16)18-20-15(25-22-18)9-12-7-8-23(3)10-12;1-10(2)15-12-4-3-5-13(18)16(12)23(21-15)17-20-14(24-22-17)8-11-6-7-19-9-11;1-5(7)8-6(2,3)4;3-2(4,5)1(6)7/h4-6,11-12H,7-10H2,1-3H3;3-5,10-11,19H,6-9H2,1-2H3;1-4H3;(H,6,7)/t12-;11-;;/m00../s1. The van der Waals surface area contributed by atoms with Crippen LogP contribution in [0.2, 0.25) is 0 Å². The molecule has 0 spiro atoms. The molecule has 2 aliphatic rings. The van der Waals surface area contributed by atoms with Crippen molar-refractivity contribution in [3.63, 3.8) is 0 Å². The van der Waals surface area contributed by atoms with E-state index in [9.17, 15) is 26.7 Å². The number of aromatic nitrogens is 8. The molecule has 21 heteroatoms. The molecule has 2 saturated heterocycles. The van der Waals surface area contributed by atoms with Crippen molar-refractivity contribution in [2.75, 3.05) is 33.2 Å². The lowest BCUT2D eigenvalue weighted by Crippen LogP contribution is -2.21. The molecule has 0 unspecified atom stereocenters. The van der Waals surface area contributed by atoms with E-state index < -0.39 is 12.1 Å². The maximum atomic E-state index is 14.4. The Hall–Kier alpha value is -5.83. The van der Waals surface area contributed by atoms with Gasteiger partial charge in [-0.05, 0) is 106 Å². The molecule has 8 rings (SSSR count). The first-order valence-electron chi connectivity index (χ1n) is 20.9. The van der Waals surface area contributed by atoms with E-state index in [0.29, 0.717) is 40.6 Å². The molecule has 6 aromatic rings. The van der Waals surface area contributed by atoms with Crippen molar-refractivity contribution in [3.8, 4) is 11.9 Å². The van der Waals surface area contributed by atoms with Crippen LogP contribution in [0.5, 0.6) is 0 Å². The number of halogens is 5. The Kier molecular flexibility index (Phi) is 16.0. The van der Waals surface area contributed by atoms with Crippen LogP contribution in [0, 0.1) is 23.5 Å². The van der Waals surface area contributed by atoms with Crippen molar-refractivity contribution >= 4 is 33.7 Å². The van der Waals surface area contributed by atoms with E-state index in [1.807, 2.05) is 60.6 Å². The number of ether oxygens (including phenoxy) is 1. The summed E-state index contributed by atoms with van der Waals surface area (Å²) in [4.78, 5) is 30.3. The van der Waals surface area contributed by atoms with E-state index in [0.717, 1.165) is 74.0 Å². The summed E-state index contributed by atoms with van der Waals surface area (Å²) in [6, 6.07) is 10.0. The van der Waals surface area contributed by atoms with Crippen LogP contribution in [0.25, 0.3) is 33.7 Å². The molecule has 2 fully saturated rings. The second-order valence-electron chi connectivity index (χ2n) is 17.3. The van der Waals surface area contributed by atoms with Crippen LogP contribution in [-0.4, -0.2) is 107 Å². The van der Waals surface area contributed by atoms with E-state index in [1.54, 1.807) is 12.1 Å². The van der Waals surface area contributed by atoms with Crippen LogP contribution in [-0.2, 0) is 27.2 Å². The smallest absolute Gasteiger partial charge is 0.475 e. The molecule has 16 nitrogen and oxygen atoms in total. The summed E-state index contributed by atoms with van der Waals surface area (Å²) in [5, 5.41) is 29.2. The Balaban J connectivity index is 0.000000184. The predicted octanol–water partition coefficient (Wildman–Crippen LogP) is 7.97. The van der Waals surface area contributed by atoms with Gasteiger partial charge >= 0.3 is 18.1 Å². The Morgan fingerprint density at radius 2 is 1.30 bits per heavy atom. The minimum absolute atomic E-state index is 0.172. The molecule has 2 aliphatic heterocycles. The fourth-order valence-electron chi connectivity index (χ4n) is 7.28. The highest BCUT2D eigenvalue weighted by Crippen LogP contribution is 2.30. The molecule has 0 bridgehead atoms. The van der Waals surface area contributed by atoms with E-state index in [-0.39, 0.29) is 41.0 Å². The number of nitrogens with zero attached hydrogens (tertiary/aromatic N) is 9. The first kappa shape index (κ1) is 49.2. The van der Waals surface area contributed by atoms with Gasteiger partial charge in [0, 0.05) is 37.1 Å². The van der Waals surface area contributed by atoms with Crippen LogP contribution in [0.4, 0.5) is 22.0 Å². The van der Waals surface area contributed by atoms with Gasteiger partial charge < -0.3 is 29.1 Å². The molecule has 0 aliphatic carbocycles. The highest BCUT2D eigenvalue weighted by Gasteiger charge is 2.38. The van der Waals surface area contributed by atoms with Crippen LogP contribution >= 0.6 is 0 Å². The molecule has 4 aromatic heterocycles.